The van der Waals surface area contributed by atoms with Crippen LogP contribution in [0.4, 0.5) is 0 Å². The third-order valence-electron chi connectivity index (χ3n) is 4.29. The second kappa shape index (κ2) is 7.27. The molecule has 0 spiro atoms. The SMILES string of the molecule is COC1=CC2SC=C(C(=O)c3cc(OC)c(OC)c(OC)c3)C2C=C1. The van der Waals surface area contributed by atoms with E-state index >= 15 is 0 Å². The molecule has 1 aromatic rings. The molecule has 0 aromatic heterocycles. The number of carbonyl (C=O) groups is 1. The van der Waals surface area contributed by atoms with Crippen molar-refractivity contribution in [1.29, 1.82) is 0 Å². The van der Waals surface area contributed by atoms with Crippen molar-refractivity contribution in [3.63, 3.8) is 0 Å². The van der Waals surface area contributed by atoms with E-state index in [1.165, 1.54) is 21.3 Å². The zero-order valence-corrected chi connectivity index (χ0v) is 15.4. The van der Waals surface area contributed by atoms with Gasteiger partial charge < -0.3 is 18.9 Å². The van der Waals surface area contributed by atoms with Gasteiger partial charge >= 0.3 is 0 Å². The van der Waals surface area contributed by atoms with E-state index in [9.17, 15) is 4.79 Å². The summed E-state index contributed by atoms with van der Waals surface area (Å²) in [6.07, 6.45) is 5.97. The Hall–Kier alpha value is -2.34. The second-order valence-corrected chi connectivity index (χ2v) is 6.63. The molecule has 0 saturated heterocycles. The average molecular weight is 360 g/mol. The molecule has 0 bridgehead atoms. The van der Waals surface area contributed by atoms with Crippen LogP contribution in [0.5, 0.6) is 17.2 Å². The molecule has 25 heavy (non-hydrogen) atoms. The fraction of sp³-hybridized carbons (Fsp3) is 0.316. The van der Waals surface area contributed by atoms with Crippen molar-refractivity contribution in [1.82, 2.24) is 0 Å². The number of hydrogen-bond donors (Lipinski definition) is 0. The molecule has 0 amide bonds. The minimum absolute atomic E-state index is 0.0375. The first-order valence-electron chi connectivity index (χ1n) is 7.77. The lowest BCUT2D eigenvalue weighted by atomic mass is 9.87. The third kappa shape index (κ3) is 3.14. The van der Waals surface area contributed by atoms with E-state index in [-0.39, 0.29) is 17.0 Å². The van der Waals surface area contributed by atoms with E-state index in [1.54, 1.807) is 31.0 Å². The maximum Gasteiger partial charge on any atom is 0.203 e. The van der Waals surface area contributed by atoms with Crippen molar-refractivity contribution in [2.75, 3.05) is 28.4 Å². The summed E-state index contributed by atoms with van der Waals surface area (Å²) >= 11 is 1.63. The van der Waals surface area contributed by atoms with Gasteiger partial charge in [0.25, 0.3) is 0 Å². The molecule has 3 rings (SSSR count). The highest BCUT2D eigenvalue weighted by molar-refractivity contribution is 8.03. The summed E-state index contributed by atoms with van der Waals surface area (Å²) in [5.74, 6) is 2.22. The summed E-state index contributed by atoms with van der Waals surface area (Å²) in [5, 5.41) is 2.11. The van der Waals surface area contributed by atoms with Crippen LogP contribution in [0, 0.1) is 5.92 Å². The normalized spacial score (nSPS) is 21.1. The van der Waals surface area contributed by atoms with Crippen molar-refractivity contribution in [2.24, 2.45) is 5.92 Å². The van der Waals surface area contributed by atoms with Crippen molar-refractivity contribution in [2.45, 2.75) is 5.25 Å². The molecule has 5 nitrogen and oxygen atoms in total. The number of Topliss-reactive ketones (excluding diaryl/α,β-unsaturated/α-hetero) is 1. The lowest BCUT2D eigenvalue weighted by Gasteiger charge is -2.20. The largest absolute Gasteiger partial charge is 0.497 e. The van der Waals surface area contributed by atoms with Gasteiger partial charge in [0.2, 0.25) is 5.75 Å². The van der Waals surface area contributed by atoms with Crippen LogP contribution < -0.4 is 14.2 Å². The smallest absolute Gasteiger partial charge is 0.203 e. The van der Waals surface area contributed by atoms with E-state index in [0.717, 1.165) is 11.3 Å². The quantitative estimate of drug-likeness (QED) is 0.723. The Kier molecular flexibility index (Phi) is 5.08. The molecule has 0 fully saturated rings. The molecule has 132 valence electrons. The Bertz CT molecular complexity index is 753. The zero-order chi connectivity index (χ0) is 18.0. The monoisotopic (exact) mass is 360 g/mol. The van der Waals surface area contributed by atoms with Crippen molar-refractivity contribution >= 4 is 17.5 Å². The summed E-state index contributed by atoms with van der Waals surface area (Å²) in [4.78, 5) is 13.1. The highest BCUT2D eigenvalue weighted by atomic mass is 32.2. The van der Waals surface area contributed by atoms with Gasteiger partial charge in [-0.1, -0.05) is 6.08 Å². The Morgan fingerprint density at radius 1 is 1.00 bits per heavy atom. The van der Waals surface area contributed by atoms with Gasteiger partial charge in [-0.25, -0.2) is 0 Å². The summed E-state index contributed by atoms with van der Waals surface area (Å²) < 4.78 is 21.3. The van der Waals surface area contributed by atoms with Crippen LogP contribution in [-0.4, -0.2) is 39.5 Å². The maximum atomic E-state index is 13.1. The van der Waals surface area contributed by atoms with Gasteiger partial charge in [-0.15, -0.1) is 11.8 Å². The second-order valence-electron chi connectivity index (χ2n) is 5.58. The lowest BCUT2D eigenvalue weighted by Crippen LogP contribution is -2.19. The molecular formula is C19H20O5S. The number of hydrogen-bond acceptors (Lipinski definition) is 6. The van der Waals surface area contributed by atoms with E-state index < -0.39 is 0 Å². The summed E-state index contributed by atoms with van der Waals surface area (Å²) in [6.45, 7) is 0. The van der Waals surface area contributed by atoms with Crippen LogP contribution in [0.2, 0.25) is 0 Å². The summed E-state index contributed by atoms with van der Waals surface area (Å²) in [6, 6.07) is 3.37. The van der Waals surface area contributed by atoms with Crippen molar-refractivity contribution < 1.29 is 23.7 Å². The van der Waals surface area contributed by atoms with Gasteiger partial charge in [0, 0.05) is 22.3 Å². The lowest BCUT2D eigenvalue weighted by molar-refractivity contribution is 0.102. The number of rotatable bonds is 6. The number of benzene rings is 1. The van der Waals surface area contributed by atoms with Gasteiger partial charge in [0.1, 0.15) is 5.76 Å². The predicted octanol–water partition coefficient (Wildman–Crippen LogP) is 3.61. The number of allylic oxidation sites excluding steroid dienone is 3. The Morgan fingerprint density at radius 2 is 1.68 bits per heavy atom. The Morgan fingerprint density at radius 3 is 2.24 bits per heavy atom. The minimum Gasteiger partial charge on any atom is -0.497 e. The average Bonchev–Trinajstić information content (AvgIpc) is 3.08. The molecule has 1 aliphatic carbocycles. The highest BCUT2D eigenvalue weighted by Gasteiger charge is 2.34. The van der Waals surface area contributed by atoms with Crippen LogP contribution in [0.3, 0.4) is 0 Å². The number of ether oxygens (including phenoxy) is 4. The van der Waals surface area contributed by atoms with E-state index in [2.05, 4.69) is 0 Å². The molecule has 1 aliphatic heterocycles. The number of carbonyl (C=O) groups excluding carboxylic acids is 1. The molecule has 0 N–H and O–H groups in total. The summed E-state index contributed by atoms with van der Waals surface area (Å²) in [7, 11) is 6.25. The standard InChI is InChI=1S/C19H20O5S/c1-21-12-5-6-13-14(10-25-17(13)9-12)18(20)11-7-15(22-2)19(24-4)16(8-11)23-3/h5-10,13,17H,1-4H3. The number of fused-ring (bicyclic) bond motifs is 1. The molecule has 2 aliphatic rings. The van der Waals surface area contributed by atoms with E-state index in [1.807, 2.05) is 23.6 Å². The van der Waals surface area contributed by atoms with Crippen LogP contribution >= 0.6 is 11.8 Å². The predicted molar refractivity (Wildman–Crippen MR) is 97.6 cm³/mol. The van der Waals surface area contributed by atoms with Gasteiger partial charge in [-0.05, 0) is 29.7 Å². The van der Waals surface area contributed by atoms with E-state index in [0.29, 0.717) is 22.8 Å². The Balaban J connectivity index is 1.92. The van der Waals surface area contributed by atoms with Crippen molar-refractivity contribution in [3.8, 4) is 17.2 Å². The van der Waals surface area contributed by atoms with E-state index in [4.69, 9.17) is 18.9 Å². The van der Waals surface area contributed by atoms with Gasteiger partial charge in [-0.3, -0.25) is 4.79 Å². The molecular weight excluding hydrogens is 340 g/mol. The van der Waals surface area contributed by atoms with Crippen LogP contribution in [0.25, 0.3) is 0 Å². The molecule has 6 heteroatoms. The highest BCUT2D eigenvalue weighted by Crippen LogP contribution is 2.44. The molecule has 1 heterocycles. The van der Waals surface area contributed by atoms with Crippen molar-refractivity contribution in [3.05, 3.63) is 52.7 Å². The number of methoxy groups -OCH3 is 4. The van der Waals surface area contributed by atoms with Crippen LogP contribution in [0.15, 0.2) is 47.1 Å². The first kappa shape index (κ1) is 17.5. The number of thioether (sulfide) groups is 1. The van der Waals surface area contributed by atoms with Gasteiger partial charge in [0.05, 0.1) is 28.4 Å². The van der Waals surface area contributed by atoms with Gasteiger partial charge in [0.15, 0.2) is 17.3 Å². The molecule has 0 radical (unpaired) electrons. The first-order valence-corrected chi connectivity index (χ1v) is 8.71. The van der Waals surface area contributed by atoms with Crippen LogP contribution in [0.1, 0.15) is 10.4 Å². The molecule has 1 aromatic carbocycles. The third-order valence-corrected chi connectivity index (χ3v) is 5.42. The molecule has 2 atom stereocenters. The minimum atomic E-state index is -0.0434. The fourth-order valence-electron chi connectivity index (χ4n) is 2.98. The van der Waals surface area contributed by atoms with Gasteiger partial charge in [-0.2, -0.15) is 0 Å². The topological polar surface area (TPSA) is 54.0 Å². The number of ketones is 1. The maximum absolute atomic E-state index is 13.1. The summed E-state index contributed by atoms with van der Waals surface area (Å²) in [5.41, 5.74) is 1.27. The first-order chi connectivity index (χ1) is 12.1. The zero-order valence-electron chi connectivity index (χ0n) is 14.6. The molecule has 2 unspecified atom stereocenters. The Labute approximate surface area is 151 Å². The molecule has 0 saturated carbocycles. The fourth-order valence-corrected chi connectivity index (χ4v) is 4.17. The van der Waals surface area contributed by atoms with Crippen LogP contribution in [-0.2, 0) is 4.74 Å².